The van der Waals surface area contributed by atoms with Gasteiger partial charge in [0.25, 0.3) is 5.91 Å². The van der Waals surface area contributed by atoms with Crippen molar-refractivity contribution in [2.24, 2.45) is 5.92 Å². The van der Waals surface area contributed by atoms with Crippen molar-refractivity contribution in [1.82, 2.24) is 4.90 Å². The van der Waals surface area contributed by atoms with Gasteiger partial charge in [-0.3, -0.25) is 14.4 Å². The van der Waals surface area contributed by atoms with Crippen LogP contribution in [0.15, 0.2) is 48.5 Å². The van der Waals surface area contributed by atoms with Crippen LogP contribution in [0.25, 0.3) is 0 Å². The number of carbonyl (C=O) groups excluding carboxylic acids is 3. The van der Waals surface area contributed by atoms with Gasteiger partial charge < -0.3 is 33.9 Å². The van der Waals surface area contributed by atoms with Crippen LogP contribution < -0.4 is 9.64 Å². The summed E-state index contributed by atoms with van der Waals surface area (Å²) in [5.74, 6) is -0.615. The Labute approximate surface area is 254 Å². The summed E-state index contributed by atoms with van der Waals surface area (Å²) in [4.78, 5) is 54.6. The van der Waals surface area contributed by atoms with E-state index in [0.717, 1.165) is 5.56 Å². The molecule has 234 valence electrons. The lowest BCUT2D eigenvalue weighted by molar-refractivity contribution is -0.150. The van der Waals surface area contributed by atoms with E-state index in [0.29, 0.717) is 42.9 Å². The van der Waals surface area contributed by atoms with Gasteiger partial charge in [-0.05, 0) is 49.7 Å². The van der Waals surface area contributed by atoms with Gasteiger partial charge in [0.05, 0.1) is 39.0 Å². The number of hydrogen-bond donors (Lipinski definition) is 2. The number of methoxy groups -OCH3 is 2. The summed E-state index contributed by atoms with van der Waals surface area (Å²) in [6, 6.07) is 15.0. The number of ether oxygens (including phenoxy) is 3. The zero-order chi connectivity index (χ0) is 31.4. The number of hydrogen-bond acceptors (Lipinski definition) is 8. The zero-order valence-electron chi connectivity index (χ0n) is 25.7. The highest BCUT2D eigenvalue weighted by molar-refractivity contribution is 6.71. The molecule has 1 spiro atoms. The molecule has 2 aromatic rings. The number of esters is 1. The third kappa shape index (κ3) is 6.64. The van der Waals surface area contributed by atoms with Gasteiger partial charge in [0.1, 0.15) is 5.75 Å². The fourth-order valence-corrected chi connectivity index (χ4v) is 9.32. The number of anilines is 1. The van der Waals surface area contributed by atoms with E-state index in [1.165, 1.54) is 7.11 Å². The van der Waals surface area contributed by atoms with Gasteiger partial charge in [-0.15, -0.1) is 0 Å². The van der Waals surface area contributed by atoms with Crippen molar-refractivity contribution >= 4 is 31.8 Å². The van der Waals surface area contributed by atoms with E-state index in [9.17, 15) is 24.3 Å². The molecule has 1 saturated heterocycles. The lowest BCUT2D eigenvalue weighted by Gasteiger charge is -2.32. The van der Waals surface area contributed by atoms with E-state index >= 15 is 0 Å². The van der Waals surface area contributed by atoms with E-state index in [4.69, 9.17) is 14.2 Å². The van der Waals surface area contributed by atoms with E-state index in [1.54, 1.807) is 23.0 Å². The number of nitrogens with zero attached hydrogens (tertiary/aromatic N) is 2. The number of aliphatic hydroxyl groups is 1. The Morgan fingerprint density at radius 1 is 1.12 bits per heavy atom. The standard InChI is InChI=1S/C32H44N2O8Si/c1-22-30(43(4,5)39)27(20-28(36)33(17-18-35)21-23-11-7-6-8-12-23)42-32(22)25-19-24(40-2)14-15-26(25)34(31(32)38)16-10-9-13-29(37)41-3/h6-8,11-12,14-15,19,22,27,30,35,39H,9-10,13,16-18,20-21H2,1-5H3/t22-,27+,30-,32+/m0/s1. The van der Waals surface area contributed by atoms with Crippen LogP contribution in [0, 0.1) is 5.92 Å². The first-order chi connectivity index (χ1) is 20.5. The number of amides is 2. The molecule has 0 saturated carbocycles. The average molecular weight is 613 g/mol. The van der Waals surface area contributed by atoms with Crippen LogP contribution in [-0.2, 0) is 36.0 Å². The maximum atomic E-state index is 14.4. The summed E-state index contributed by atoms with van der Waals surface area (Å²) in [5, 5.41) is 9.72. The Bertz CT molecular complexity index is 1300. The van der Waals surface area contributed by atoms with Gasteiger partial charge in [-0.2, -0.15) is 0 Å². The molecule has 0 radical (unpaired) electrons. The van der Waals surface area contributed by atoms with Crippen LogP contribution in [0.2, 0.25) is 18.6 Å². The SMILES string of the molecule is COC(=O)CCCCN1C(=O)[C@]2(O[C@H](CC(=O)N(CCO)Cc3ccccc3)[C@@H]([Si](C)(C)O)[C@@H]2C)c2cc(OC)ccc21. The summed E-state index contributed by atoms with van der Waals surface area (Å²) in [7, 11) is -0.0647. The lowest BCUT2D eigenvalue weighted by atomic mass is 9.82. The van der Waals surface area contributed by atoms with E-state index < -0.39 is 31.5 Å². The van der Waals surface area contributed by atoms with Crippen molar-refractivity contribution in [1.29, 1.82) is 0 Å². The minimum Gasteiger partial charge on any atom is -0.497 e. The second-order valence-corrected chi connectivity index (χ2v) is 15.9. The third-order valence-corrected chi connectivity index (χ3v) is 11.2. The van der Waals surface area contributed by atoms with Crippen molar-refractivity contribution in [3.63, 3.8) is 0 Å². The Hall–Kier alpha value is -3.25. The van der Waals surface area contributed by atoms with E-state index in [2.05, 4.69) is 0 Å². The van der Waals surface area contributed by atoms with Gasteiger partial charge in [0.15, 0.2) is 13.9 Å². The van der Waals surface area contributed by atoms with Gasteiger partial charge in [0.2, 0.25) is 5.91 Å². The lowest BCUT2D eigenvalue weighted by Crippen LogP contribution is -2.46. The molecule has 0 aliphatic carbocycles. The zero-order valence-corrected chi connectivity index (χ0v) is 26.7. The molecule has 0 aromatic heterocycles. The molecule has 11 heteroatoms. The summed E-state index contributed by atoms with van der Waals surface area (Å²) < 4.78 is 17.1. The van der Waals surface area contributed by atoms with Gasteiger partial charge in [-0.1, -0.05) is 37.3 Å². The molecule has 2 aliphatic rings. The van der Waals surface area contributed by atoms with Crippen molar-refractivity contribution < 1.29 is 38.5 Å². The normalized spacial score (nSPS) is 23.0. The summed E-state index contributed by atoms with van der Waals surface area (Å²) >= 11 is 0. The molecule has 2 aliphatic heterocycles. The Kier molecular flexibility index (Phi) is 10.3. The molecule has 2 amide bonds. The maximum Gasteiger partial charge on any atom is 0.305 e. The number of rotatable bonds is 13. The first-order valence-corrected chi connectivity index (χ1v) is 17.9. The first kappa shape index (κ1) is 32.7. The molecule has 4 rings (SSSR count). The molecule has 2 N–H and O–H groups in total. The largest absolute Gasteiger partial charge is 0.497 e. The second kappa shape index (κ2) is 13.6. The smallest absolute Gasteiger partial charge is 0.305 e. The van der Waals surface area contributed by atoms with Crippen LogP contribution in [0.5, 0.6) is 5.75 Å². The fraction of sp³-hybridized carbons (Fsp3) is 0.531. The second-order valence-electron chi connectivity index (χ2n) is 12.0. The van der Waals surface area contributed by atoms with Crippen LogP contribution in [0.3, 0.4) is 0 Å². The van der Waals surface area contributed by atoms with Gasteiger partial charge in [-0.25, -0.2) is 0 Å². The molecule has 43 heavy (non-hydrogen) atoms. The van der Waals surface area contributed by atoms with Crippen molar-refractivity contribution in [3.05, 3.63) is 59.7 Å². The molecule has 1 fully saturated rings. The molecule has 4 atom stereocenters. The fourth-order valence-electron chi connectivity index (χ4n) is 6.76. The molecule has 10 nitrogen and oxygen atoms in total. The van der Waals surface area contributed by atoms with Crippen molar-refractivity contribution in [3.8, 4) is 5.75 Å². The average Bonchev–Trinajstić information content (AvgIpc) is 3.41. The quantitative estimate of drug-likeness (QED) is 0.200. The molecule has 0 bridgehead atoms. The first-order valence-electron chi connectivity index (χ1n) is 14.9. The number of carbonyl (C=O) groups is 3. The van der Waals surface area contributed by atoms with Gasteiger partial charge in [0, 0.05) is 43.1 Å². The predicted molar refractivity (Wildman–Crippen MR) is 164 cm³/mol. The Morgan fingerprint density at radius 2 is 1.84 bits per heavy atom. The van der Waals surface area contributed by atoms with E-state index in [-0.39, 0.29) is 43.8 Å². The minimum atomic E-state index is -2.98. The highest BCUT2D eigenvalue weighted by Crippen LogP contribution is 2.60. The number of aliphatic hydroxyl groups excluding tert-OH is 1. The monoisotopic (exact) mass is 612 g/mol. The van der Waals surface area contributed by atoms with Gasteiger partial charge >= 0.3 is 5.97 Å². The Morgan fingerprint density at radius 3 is 2.47 bits per heavy atom. The predicted octanol–water partition coefficient (Wildman–Crippen LogP) is 3.59. The molecule has 2 aromatic carbocycles. The molecule has 0 unspecified atom stereocenters. The van der Waals surface area contributed by atoms with Crippen LogP contribution in [0.1, 0.15) is 43.7 Å². The van der Waals surface area contributed by atoms with E-state index in [1.807, 2.05) is 62.5 Å². The topological polar surface area (TPSA) is 126 Å². The molecular weight excluding hydrogens is 568 g/mol. The van der Waals surface area contributed by atoms with Crippen molar-refractivity contribution in [2.75, 3.05) is 38.8 Å². The third-order valence-electron chi connectivity index (χ3n) is 8.75. The molecular formula is C32H44N2O8Si. The van der Waals surface area contributed by atoms with Crippen molar-refractivity contribution in [2.45, 2.75) is 69.5 Å². The Balaban J connectivity index is 1.66. The maximum absolute atomic E-state index is 14.4. The van der Waals surface area contributed by atoms with Crippen LogP contribution in [0.4, 0.5) is 5.69 Å². The summed E-state index contributed by atoms with van der Waals surface area (Å²) in [6.45, 7) is 6.24. The van der Waals surface area contributed by atoms with Crippen LogP contribution in [-0.4, -0.2) is 80.9 Å². The minimum absolute atomic E-state index is 0.0354. The summed E-state index contributed by atoms with van der Waals surface area (Å²) in [6.07, 6.45) is 0.651. The number of unbranched alkanes of at least 4 members (excludes halogenated alkanes) is 1. The number of benzene rings is 2. The highest BCUT2D eigenvalue weighted by atomic mass is 28.4. The highest BCUT2D eigenvalue weighted by Gasteiger charge is 2.66. The number of fused-ring (bicyclic) bond motifs is 2. The van der Waals surface area contributed by atoms with Crippen LogP contribution >= 0.6 is 0 Å². The molecule has 2 heterocycles. The summed E-state index contributed by atoms with van der Waals surface area (Å²) in [5.41, 5.74) is 0.462.